The van der Waals surface area contributed by atoms with Crippen molar-refractivity contribution in [3.8, 4) is 28.4 Å². The molecule has 3 aromatic rings. The van der Waals surface area contributed by atoms with Gasteiger partial charge in [0.1, 0.15) is 11.5 Å². The SMILES string of the molecule is C1CCCCCC1.CNc1ccc(-c2ccc(-c3cnn(C)c3)c(OC)n2)nn1. The lowest BCUT2D eigenvalue weighted by Gasteiger charge is -2.08. The minimum Gasteiger partial charge on any atom is -0.481 e. The van der Waals surface area contributed by atoms with Crippen LogP contribution in [0, 0.1) is 0 Å². The zero-order chi connectivity index (χ0) is 20.5. The molecule has 3 aromatic heterocycles. The normalized spacial score (nSPS) is 13.8. The summed E-state index contributed by atoms with van der Waals surface area (Å²) >= 11 is 0. The summed E-state index contributed by atoms with van der Waals surface area (Å²) in [5.41, 5.74) is 3.24. The number of methoxy groups -OCH3 is 1. The number of nitrogens with one attached hydrogen (secondary N) is 1. The van der Waals surface area contributed by atoms with E-state index < -0.39 is 0 Å². The van der Waals surface area contributed by atoms with Crippen LogP contribution in [0.15, 0.2) is 36.7 Å². The molecule has 29 heavy (non-hydrogen) atoms. The first kappa shape index (κ1) is 20.8. The van der Waals surface area contributed by atoms with Crippen LogP contribution in [0.2, 0.25) is 0 Å². The lowest BCUT2D eigenvalue weighted by molar-refractivity contribution is 0.400. The number of hydrogen-bond acceptors (Lipinski definition) is 6. The third-order valence-electron chi connectivity index (χ3n) is 5.00. The zero-order valence-electron chi connectivity index (χ0n) is 17.6. The van der Waals surface area contributed by atoms with Gasteiger partial charge in [-0.1, -0.05) is 44.9 Å². The first-order chi connectivity index (χ1) is 14.2. The molecular formula is C22H30N6O. The van der Waals surface area contributed by atoms with Gasteiger partial charge in [0, 0.05) is 31.4 Å². The maximum atomic E-state index is 5.41. The molecule has 1 aliphatic rings. The highest BCUT2D eigenvalue weighted by atomic mass is 16.5. The van der Waals surface area contributed by atoms with Gasteiger partial charge in [0.15, 0.2) is 0 Å². The fourth-order valence-electron chi connectivity index (χ4n) is 3.36. The van der Waals surface area contributed by atoms with Gasteiger partial charge < -0.3 is 10.1 Å². The third kappa shape index (κ3) is 5.76. The van der Waals surface area contributed by atoms with Crippen molar-refractivity contribution in [3.05, 3.63) is 36.7 Å². The standard InChI is InChI=1S/C15H16N6O.C7H14/c1-16-14-7-6-13(19-20-14)12-5-4-11(15(18-12)22-3)10-8-17-21(2)9-10;1-2-4-6-7-5-3-1/h4-9H,1-3H3,(H,16,20);1-7H2. The van der Waals surface area contributed by atoms with Crippen molar-refractivity contribution in [3.63, 3.8) is 0 Å². The summed E-state index contributed by atoms with van der Waals surface area (Å²) in [5, 5.41) is 15.3. The first-order valence-corrected chi connectivity index (χ1v) is 10.3. The van der Waals surface area contributed by atoms with E-state index in [9.17, 15) is 0 Å². The van der Waals surface area contributed by atoms with Crippen LogP contribution in [0.25, 0.3) is 22.5 Å². The molecule has 0 aliphatic heterocycles. The Morgan fingerprint density at radius 2 is 1.55 bits per heavy atom. The van der Waals surface area contributed by atoms with Gasteiger partial charge in [-0.3, -0.25) is 4.68 Å². The van der Waals surface area contributed by atoms with Gasteiger partial charge in [-0.05, 0) is 24.3 Å². The predicted molar refractivity (Wildman–Crippen MR) is 116 cm³/mol. The molecule has 1 fully saturated rings. The van der Waals surface area contributed by atoms with E-state index in [0.717, 1.165) is 11.1 Å². The number of nitrogens with zero attached hydrogens (tertiary/aromatic N) is 5. The van der Waals surface area contributed by atoms with Crippen LogP contribution in [0.3, 0.4) is 0 Å². The lowest BCUT2D eigenvalue weighted by atomic mass is 10.1. The number of aryl methyl sites for hydroxylation is 1. The molecule has 0 aromatic carbocycles. The fourth-order valence-corrected chi connectivity index (χ4v) is 3.36. The maximum absolute atomic E-state index is 5.41. The Morgan fingerprint density at radius 3 is 2.03 bits per heavy atom. The molecular weight excluding hydrogens is 364 g/mol. The summed E-state index contributed by atoms with van der Waals surface area (Å²) in [7, 11) is 5.27. The largest absolute Gasteiger partial charge is 0.481 e. The summed E-state index contributed by atoms with van der Waals surface area (Å²) in [6.45, 7) is 0. The first-order valence-electron chi connectivity index (χ1n) is 10.3. The highest BCUT2D eigenvalue weighted by Gasteiger charge is 2.12. The number of ether oxygens (including phenoxy) is 1. The molecule has 0 amide bonds. The molecule has 0 saturated heterocycles. The summed E-state index contributed by atoms with van der Waals surface area (Å²) in [4.78, 5) is 4.52. The van der Waals surface area contributed by atoms with Crippen LogP contribution in [-0.2, 0) is 7.05 Å². The third-order valence-corrected chi connectivity index (χ3v) is 5.00. The van der Waals surface area contributed by atoms with Crippen LogP contribution < -0.4 is 10.1 Å². The van der Waals surface area contributed by atoms with E-state index >= 15 is 0 Å². The van der Waals surface area contributed by atoms with Gasteiger partial charge in [0.2, 0.25) is 5.88 Å². The van der Waals surface area contributed by atoms with Gasteiger partial charge in [-0.25, -0.2) is 4.98 Å². The van der Waals surface area contributed by atoms with Crippen molar-refractivity contribution in [1.29, 1.82) is 0 Å². The molecule has 7 nitrogen and oxygen atoms in total. The van der Waals surface area contributed by atoms with Gasteiger partial charge >= 0.3 is 0 Å². The molecule has 0 atom stereocenters. The Kier molecular flexibility index (Phi) is 7.55. The average Bonchev–Trinajstić information content (AvgIpc) is 3.00. The number of pyridine rings is 1. The van der Waals surface area contributed by atoms with E-state index in [1.165, 1.54) is 44.9 Å². The zero-order valence-corrected chi connectivity index (χ0v) is 17.6. The molecule has 1 saturated carbocycles. The molecule has 7 heteroatoms. The molecule has 0 radical (unpaired) electrons. The Bertz CT molecular complexity index is 871. The minimum atomic E-state index is 0.532. The predicted octanol–water partition coefficient (Wildman–Crippen LogP) is 4.72. The molecule has 0 unspecified atom stereocenters. The van der Waals surface area contributed by atoms with Gasteiger partial charge in [0.25, 0.3) is 0 Å². The van der Waals surface area contributed by atoms with E-state index in [2.05, 4.69) is 25.6 Å². The molecule has 0 spiro atoms. The Morgan fingerprint density at radius 1 is 0.897 bits per heavy atom. The number of hydrogen-bond donors (Lipinski definition) is 1. The second-order valence-corrected chi connectivity index (χ2v) is 7.18. The minimum absolute atomic E-state index is 0.532. The molecule has 154 valence electrons. The maximum Gasteiger partial charge on any atom is 0.221 e. The quantitative estimate of drug-likeness (QED) is 0.645. The summed E-state index contributed by atoms with van der Waals surface area (Å²) in [6, 6.07) is 7.57. The highest BCUT2D eigenvalue weighted by Crippen LogP contribution is 2.30. The number of anilines is 1. The van der Waals surface area contributed by atoms with E-state index in [-0.39, 0.29) is 0 Å². The van der Waals surface area contributed by atoms with Gasteiger partial charge in [0.05, 0.1) is 19.0 Å². The molecule has 1 N–H and O–H groups in total. The van der Waals surface area contributed by atoms with Gasteiger partial charge in [-0.2, -0.15) is 5.10 Å². The number of rotatable bonds is 4. The van der Waals surface area contributed by atoms with Crippen molar-refractivity contribution in [1.82, 2.24) is 25.0 Å². The Labute approximate surface area is 172 Å². The Hall–Kier alpha value is -2.96. The molecule has 0 bridgehead atoms. The van der Waals surface area contributed by atoms with Crippen LogP contribution in [-0.4, -0.2) is 39.1 Å². The van der Waals surface area contributed by atoms with Crippen molar-refractivity contribution in [2.45, 2.75) is 44.9 Å². The fraction of sp³-hybridized carbons (Fsp3) is 0.455. The molecule has 1 aliphatic carbocycles. The van der Waals surface area contributed by atoms with E-state index in [1.807, 2.05) is 37.5 Å². The monoisotopic (exact) mass is 394 g/mol. The smallest absolute Gasteiger partial charge is 0.221 e. The van der Waals surface area contributed by atoms with Crippen molar-refractivity contribution in [2.24, 2.45) is 7.05 Å². The summed E-state index contributed by atoms with van der Waals surface area (Å²) in [5.74, 6) is 1.24. The van der Waals surface area contributed by atoms with Crippen molar-refractivity contribution < 1.29 is 4.74 Å². The molecule has 4 rings (SSSR count). The van der Waals surface area contributed by atoms with Gasteiger partial charge in [-0.15, -0.1) is 10.2 Å². The number of aromatic nitrogens is 5. The second-order valence-electron chi connectivity index (χ2n) is 7.18. The van der Waals surface area contributed by atoms with E-state index in [0.29, 0.717) is 23.1 Å². The highest BCUT2D eigenvalue weighted by molar-refractivity contribution is 5.70. The lowest BCUT2D eigenvalue weighted by Crippen LogP contribution is -1.98. The average molecular weight is 395 g/mol. The van der Waals surface area contributed by atoms with Crippen molar-refractivity contribution >= 4 is 5.82 Å². The van der Waals surface area contributed by atoms with Crippen LogP contribution in [0.1, 0.15) is 44.9 Å². The van der Waals surface area contributed by atoms with Crippen LogP contribution in [0.5, 0.6) is 5.88 Å². The Balaban J connectivity index is 0.000000290. The summed E-state index contributed by atoms with van der Waals surface area (Å²) in [6.07, 6.45) is 14.2. The second kappa shape index (κ2) is 10.5. The van der Waals surface area contributed by atoms with Crippen molar-refractivity contribution in [2.75, 3.05) is 19.5 Å². The van der Waals surface area contributed by atoms with E-state index in [1.54, 1.807) is 25.0 Å². The van der Waals surface area contributed by atoms with E-state index in [4.69, 9.17) is 4.74 Å². The van der Waals surface area contributed by atoms with Crippen LogP contribution in [0.4, 0.5) is 5.82 Å². The van der Waals surface area contributed by atoms with Crippen LogP contribution >= 0.6 is 0 Å². The summed E-state index contributed by atoms with van der Waals surface area (Å²) < 4.78 is 7.15. The molecule has 3 heterocycles. The topological polar surface area (TPSA) is 77.8 Å².